The molecule has 17 heteroatoms. The van der Waals surface area contributed by atoms with E-state index >= 15 is 0 Å². The largest absolute Gasteiger partial charge is 0.464 e. The van der Waals surface area contributed by atoms with Crippen molar-refractivity contribution in [2.24, 2.45) is 11.3 Å². The number of carbonyl (C=O) groups is 5. The number of nitrogens with one attached hydrogen (secondary N) is 2. The monoisotopic (exact) mass is 894 g/mol. The summed E-state index contributed by atoms with van der Waals surface area (Å²) in [5.41, 5.74) is 6.43. The number of rotatable bonds is 10. The summed E-state index contributed by atoms with van der Waals surface area (Å²) in [5.74, 6) is -2.94. The number of carbonyl (C=O) groups excluding carboxylic acids is 5. The molecule has 0 radical (unpaired) electrons. The molecule has 65 heavy (non-hydrogen) atoms. The highest BCUT2D eigenvalue weighted by Crippen LogP contribution is 2.42. The third-order valence-electron chi connectivity index (χ3n) is 12.9. The average Bonchev–Trinajstić information content (AvgIpc) is 4.02. The number of cyclic esters (lactones) is 1. The number of fused-ring (bicyclic) bond motifs is 6. The summed E-state index contributed by atoms with van der Waals surface area (Å²) in [6.45, 7) is 16.1. The molecule has 3 aliphatic rings. The van der Waals surface area contributed by atoms with Gasteiger partial charge in [0, 0.05) is 80.3 Å². The van der Waals surface area contributed by atoms with Gasteiger partial charge in [0.2, 0.25) is 17.7 Å². The maximum Gasteiger partial charge on any atom is 0.324 e. The molecular weight excluding hydrogens is 833 g/mol. The summed E-state index contributed by atoms with van der Waals surface area (Å²) in [6.07, 6.45) is 5.40. The molecule has 0 spiro atoms. The Morgan fingerprint density at radius 3 is 2.65 bits per heavy atom. The van der Waals surface area contributed by atoms with Gasteiger partial charge in [-0.2, -0.15) is 0 Å². The zero-order valence-corrected chi connectivity index (χ0v) is 38.7. The van der Waals surface area contributed by atoms with Crippen LogP contribution in [0.15, 0.2) is 59.9 Å². The molecule has 3 aromatic heterocycles. The molecule has 6 heterocycles. The first-order chi connectivity index (χ1) is 30.9. The Kier molecular flexibility index (Phi) is 13.7. The van der Waals surface area contributed by atoms with Gasteiger partial charge in [0.15, 0.2) is 5.60 Å². The van der Waals surface area contributed by atoms with Crippen molar-refractivity contribution in [3.8, 4) is 22.7 Å². The molecule has 4 amide bonds. The molecule has 0 unspecified atom stereocenters. The van der Waals surface area contributed by atoms with Crippen molar-refractivity contribution < 1.29 is 43.0 Å². The number of ether oxygens (including phenoxy) is 2. The van der Waals surface area contributed by atoms with Gasteiger partial charge in [0.1, 0.15) is 24.4 Å². The number of aromatic nitrogens is 3. The quantitative estimate of drug-likeness (QED) is 0.150. The van der Waals surface area contributed by atoms with Gasteiger partial charge < -0.3 is 38.7 Å². The van der Waals surface area contributed by atoms with Gasteiger partial charge in [-0.05, 0) is 81.0 Å². The predicted molar refractivity (Wildman–Crippen MR) is 241 cm³/mol. The minimum absolute atomic E-state index is 0.0154. The fourth-order valence-corrected chi connectivity index (χ4v) is 9.49. The summed E-state index contributed by atoms with van der Waals surface area (Å²) >= 11 is 0. The minimum atomic E-state index is -1.92. The van der Waals surface area contributed by atoms with Gasteiger partial charge >= 0.3 is 5.97 Å². The normalized spacial score (nSPS) is 22.3. The summed E-state index contributed by atoms with van der Waals surface area (Å²) in [7, 11) is 3.09. The number of aliphatic hydroxyl groups is 1. The van der Waals surface area contributed by atoms with Crippen LogP contribution in [0.4, 0.5) is 0 Å². The van der Waals surface area contributed by atoms with E-state index in [1.54, 1.807) is 27.2 Å². The van der Waals surface area contributed by atoms with Gasteiger partial charge in [0.25, 0.3) is 11.8 Å². The van der Waals surface area contributed by atoms with Crippen LogP contribution in [-0.4, -0.2) is 128 Å². The third kappa shape index (κ3) is 9.45. The maximum absolute atomic E-state index is 14.6. The number of hydrogen-bond acceptors (Lipinski definition) is 12. The fourth-order valence-electron chi connectivity index (χ4n) is 9.49. The molecule has 3 aliphatic heterocycles. The molecule has 1 aromatic carbocycles. The zero-order valence-electron chi connectivity index (χ0n) is 38.7. The first-order valence-corrected chi connectivity index (χ1v) is 22.4. The summed E-state index contributed by atoms with van der Waals surface area (Å²) in [5, 5.41) is 16.6. The van der Waals surface area contributed by atoms with E-state index in [0.717, 1.165) is 39.5 Å². The van der Waals surface area contributed by atoms with E-state index in [4.69, 9.17) is 23.9 Å². The number of nitrogens with zero attached hydrogens (tertiary/aromatic N) is 6. The van der Waals surface area contributed by atoms with Crippen LogP contribution in [0.2, 0.25) is 0 Å². The molecule has 0 aliphatic carbocycles. The van der Waals surface area contributed by atoms with Crippen molar-refractivity contribution in [3.63, 3.8) is 0 Å². The van der Waals surface area contributed by atoms with Gasteiger partial charge in [-0.15, -0.1) is 0 Å². The first-order valence-electron chi connectivity index (χ1n) is 22.4. The third-order valence-corrected chi connectivity index (χ3v) is 12.9. The highest BCUT2D eigenvalue weighted by molar-refractivity contribution is 5.96. The number of likely N-dealkylation sites (tertiary alicyclic amines) is 1. The molecule has 6 bridgehead atoms. The van der Waals surface area contributed by atoms with Crippen LogP contribution in [-0.2, 0) is 52.8 Å². The average molecular weight is 895 g/mol. The SMILES string of the molecule is C=CC(=O)N1CC[C@](O)(C(=O)N(C)[C@H](C(=O)N[C@H]2Cc3coc(n3)-c3ccc4c(c3)c(c(-c3cccnc3[C@H](C)OC)n4CC)CC(C)(C)COC(=O)[C@@H]3CCCN(N3)C2=O)C(C)C)C1. The molecule has 7 rings (SSSR count). The number of methoxy groups -OCH3 is 1. The predicted octanol–water partition coefficient (Wildman–Crippen LogP) is 4.37. The second-order valence-electron chi connectivity index (χ2n) is 18.6. The number of oxazole rings is 1. The Morgan fingerprint density at radius 2 is 1.94 bits per heavy atom. The lowest BCUT2D eigenvalue weighted by Crippen LogP contribution is -2.63. The number of hydrazine groups is 1. The van der Waals surface area contributed by atoms with Crippen LogP contribution < -0.4 is 10.7 Å². The molecule has 2 fully saturated rings. The van der Waals surface area contributed by atoms with Crippen molar-refractivity contribution in [2.45, 2.75) is 110 Å². The van der Waals surface area contributed by atoms with Crippen molar-refractivity contribution >= 4 is 40.5 Å². The first kappa shape index (κ1) is 47.1. The number of esters is 1. The van der Waals surface area contributed by atoms with Crippen molar-refractivity contribution in [2.75, 3.05) is 40.4 Å². The van der Waals surface area contributed by atoms with E-state index in [2.05, 4.69) is 48.7 Å². The van der Waals surface area contributed by atoms with E-state index in [1.807, 2.05) is 31.2 Å². The topological polar surface area (TPSA) is 202 Å². The number of aryl methyl sites for hydroxylation is 1. The molecule has 5 atom stereocenters. The number of likely N-dealkylation sites (N-methyl/N-ethyl adjacent to an activating group) is 1. The number of amides is 4. The molecule has 4 aromatic rings. The van der Waals surface area contributed by atoms with Crippen LogP contribution in [0.25, 0.3) is 33.6 Å². The van der Waals surface area contributed by atoms with Gasteiger partial charge in [-0.3, -0.25) is 34.0 Å². The molecule has 3 N–H and O–H groups in total. The molecule has 0 saturated carbocycles. The smallest absolute Gasteiger partial charge is 0.324 e. The molecular formula is C48H62N8O9. The summed E-state index contributed by atoms with van der Waals surface area (Å²) in [4.78, 5) is 81.2. The van der Waals surface area contributed by atoms with E-state index in [0.29, 0.717) is 43.0 Å². The van der Waals surface area contributed by atoms with Crippen molar-refractivity contribution in [1.29, 1.82) is 0 Å². The molecule has 17 nitrogen and oxygen atoms in total. The summed E-state index contributed by atoms with van der Waals surface area (Å²) < 4.78 is 20.2. The Bertz CT molecular complexity index is 2480. The molecule has 2 saturated heterocycles. The van der Waals surface area contributed by atoms with Crippen LogP contribution in [0, 0.1) is 11.3 Å². The zero-order chi connectivity index (χ0) is 47.0. The minimum Gasteiger partial charge on any atom is -0.464 e. The maximum atomic E-state index is 14.6. The Hall–Kier alpha value is -5.91. The van der Waals surface area contributed by atoms with Crippen molar-refractivity contribution in [1.82, 2.24) is 40.1 Å². The second kappa shape index (κ2) is 18.9. The van der Waals surface area contributed by atoms with E-state index in [1.165, 1.54) is 28.1 Å². The Labute approximate surface area is 379 Å². The lowest BCUT2D eigenvalue weighted by Gasteiger charge is -2.37. The highest BCUT2D eigenvalue weighted by atomic mass is 16.5. The number of β-amino-alcohol motifs (C(OH)–C–C–N with tert-alkyl or cyclic N) is 1. The van der Waals surface area contributed by atoms with E-state index in [9.17, 15) is 29.1 Å². The number of benzene rings is 1. The Morgan fingerprint density at radius 1 is 1.17 bits per heavy atom. The standard InChI is InChI=1S/C48H62N8O9/c1-10-38(57)54-21-18-48(62,26-54)46(61)53(8)40(28(3)4)42(58)51-36-23-31-25-64-43(50-31)30-16-17-37-33(22-30)34(41(55(37)11-2)32-14-12-19-49-39(32)29(5)63-9)24-47(6,7)27-65-45(60)35-15-13-20-56(52-35)44(36)59/h10,12,14,16-17,19,22,25,28-29,35-36,40,52,62H,1,11,13,15,18,20-21,23-24,26-27H2,2-9H3,(H,51,58)/t29-,35-,36-,40-,48+/m0/s1. The lowest BCUT2D eigenvalue weighted by molar-refractivity contribution is -0.156. The lowest BCUT2D eigenvalue weighted by atomic mass is 9.84. The number of hydrogen-bond donors (Lipinski definition) is 3. The molecule has 348 valence electrons. The van der Waals surface area contributed by atoms with Gasteiger partial charge in [0.05, 0.1) is 36.3 Å². The van der Waals surface area contributed by atoms with Gasteiger partial charge in [-0.25, -0.2) is 10.4 Å². The van der Waals surface area contributed by atoms with Crippen LogP contribution in [0.1, 0.15) is 83.9 Å². The van der Waals surface area contributed by atoms with Crippen LogP contribution >= 0.6 is 0 Å². The van der Waals surface area contributed by atoms with Crippen LogP contribution in [0.5, 0.6) is 0 Å². The van der Waals surface area contributed by atoms with Gasteiger partial charge in [-0.1, -0.05) is 34.3 Å². The second-order valence-corrected chi connectivity index (χ2v) is 18.6. The Balaban J connectivity index is 1.27. The van der Waals surface area contributed by atoms with E-state index in [-0.39, 0.29) is 45.2 Å². The van der Waals surface area contributed by atoms with Crippen molar-refractivity contribution in [3.05, 3.63) is 72.4 Å². The van der Waals surface area contributed by atoms with E-state index < -0.39 is 64.7 Å². The number of pyridine rings is 1. The summed E-state index contributed by atoms with van der Waals surface area (Å²) in [6, 6.07) is 6.83. The fraction of sp³-hybridized carbons (Fsp3) is 0.521. The highest BCUT2D eigenvalue weighted by Gasteiger charge is 2.48. The van der Waals surface area contributed by atoms with Crippen LogP contribution in [0.3, 0.4) is 0 Å².